The first-order valence-electron chi connectivity index (χ1n) is 13.9. The van der Waals surface area contributed by atoms with Gasteiger partial charge in [-0.05, 0) is 81.1 Å². The van der Waals surface area contributed by atoms with E-state index in [1.807, 2.05) is 30.3 Å². The molecule has 0 unspecified atom stereocenters. The van der Waals surface area contributed by atoms with Gasteiger partial charge in [0, 0.05) is 24.6 Å². The number of pyridine rings is 1. The molecule has 0 saturated carbocycles. The monoisotopic (exact) mass is 522 g/mol. The Hall–Kier alpha value is -3.93. The number of ether oxygens (including phenoxy) is 1. The Bertz CT molecular complexity index is 1550. The third-order valence-electron chi connectivity index (χ3n) is 7.99. The van der Waals surface area contributed by atoms with Gasteiger partial charge in [-0.1, -0.05) is 42.0 Å². The lowest BCUT2D eigenvalue weighted by atomic mass is 9.97. The van der Waals surface area contributed by atoms with E-state index in [4.69, 9.17) is 9.84 Å². The van der Waals surface area contributed by atoms with Crippen molar-refractivity contribution in [3.8, 4) is 34.2 Å². The van der Waals surface area contributed by atoms with Gasteiger partial charge in [-0.3, -0.25) is 0 Å². The molecular formula is C31H34N6O2. The molecule has 4 heterocycles. The number of aromatic nitrogens is 3. The highest BCUT2D eigenvalue weighted by Crippen LogP contribution is 2.37. The zero-order valence-corrected chi connectivity index (χ0v) is 22.3. The number of nitrogens with one attached hydrogen (secondary N) is 2. The summed E-state index contributed by atoms with van der Waals surface area (Å²) in [5.74, 6) is 1.44. The van der Waals surface area contributed by atoms with E-state index < -0.39 is 0 Å². The molecular weight excluding hydrogens is 488 g/mol. The van der Waals surface area contributed by atoms with E-state index in [1.165, 1.54) is 0 Å². The molecule has 2 aliphatic heterocycles. The van der Waals surface area contributed by atoms with E-state index in [0.29, 0.717) is 41.9 Å². The van der Waals surface area contributed by atoms with Crippen molar-refractivity contribution in [2.45, 2.75) is 32.7 Å². The van der Waals surface area contributed by atoms with E-state index in [-0.39, 0.29) is 5.69 Å². The van der Waals surface area contributed by atoms with Gasteiger partial charge in [-0.2, -0.15) is 5.26 Å². The summed E-state index contributed by atoms with van der Waals surface area (Å²) in [6.45, 7) is 7.07. The third kappa shape index (κ3) is 5.20. The fraction of sp³-hybridized carbons (Fsp3) is 0.387. The first-order chi connectivity index (χ1) is 19.1. The van der Waals surface area contributed by atoms with Crippen LogP contribution in [0.2, 0.25) is 0 Å². The van der Waals surface area contributed by atoms with Gasteiger partial charge < -0.3 is 15.4 Å². The van der Waals surface area contributed by atoms with Crippen LogP contribution in [0, 0.1) is 30.1 Å². The van der Waals surface area contributed by atoms with Crippen LogP contribution < -0.4 is 21.1 Å². The maximum Gasteiger partial charge on any atom is 0.350 e. The third-order valence-corrected chi connectivity index (χ3v) is 7.99. The highest BCUT2D eigenvalue weighted by atomic mass is 16.5. The summed E-state index contributed by atoms with van der Waals surface area (Å²) >= 11 is 0. The Balaban J connectivity index is 1.55. The average molecular weight is 523 g/mol. The molecule has 1 atom stereocenters. The highest BCUT2D eigenvalue weighted by molar-refractivity contribution is 5.85. The van der Waals surface area contributed by atoms with Crippen LogP contribution in [0.25, 0.3) is 28.0 Å². The molecule has 2 aliphatic rings. The van der Waals surface area contributed by atoms with Crippen molar-refractivity contribution in [1.82, 2.24) is 24.8 Å². The summed E-state index contributed by atoms with van der Waals surface area (Å²) in [5.41, 5.74) is 5.64. The minimum Gasteiger partial charge on any atom is -0.489 e. The molecule has 4 aromatic rings. The van der Waals surface area contributed by atoms with Crippen LogP contribution >= 0.6 is 0 Å². The Morgan fingerprint density at radius 1 is 0.974 bits per heavy atom. The Morgan fingerprint density at radius 2 is 1.67 bits per heavy atom. The van der Waals surface area contributed by atoms with E-state index in [1.54, 1.807) is 9.08 Å². The van der Waals surface area contributed by atoms with Crippen molar-refractivity contribution in [2.24, 2.45) is 11.8 Å². The molecule has 2 aromatic heterocycles. The molecule has 200 valence electrons. The lowest BCUT2D eigenvalue weighted by Crippen LogP contribution is -2.33. The van der Waals surface area contributed by atoms with E-state index in [9.17, 15) is 10.1 Å². The first-order valence-corrected chi connectivity index (χ1v) is 13.9. The molecule has 2 saturated heterocycles. The number of benzene rings is 2. The van der Waals surface area contributed by atoms with Crippen molar-refractivity contribution in [3.05, 3.63) is 76.2 Å². The summed E-state index contributed by atoms with van der Waals surface area (Å²) in [7, 11) is 0. The Kier molecular flexibility index (Phi) is 7.18. The van der Waals surface area contributed by atoms with Crippen molar-refractivity contribution >= 4 is 5.65 Å². The molecule has 0 radical (unpaired) electrons. The molecule has 39 heavy (non-hydrogen) atoms. The largest absolute Gasteiger partial charge is 0.489 e. The number of fused-ring (bicyclic) bond motifs is 1. The minimum atomic E-state index is -0.151. The molecule has 8 heteroatoms. The number of aryl methyl sites for hydroxylation is 1. The number of piperidine rings is 1. The fourth-order valence-corrected chi connectivity index (χ4v) is 5.69. The van der Waals surface area contributed by atoms with Crippen molar-refractivity contribution in [1.29, 1.82) is 5.26 Å². The highest BCUT2D eigenvalue weighted by Gasteiger charge is 2.25. The average Bonchev–Trinajstić information content (AvgIpc) is 3.61. The SMILES string of the molecule is Cc1ccc(-c2c(-c3ccc(C#N)cc3)cc(OC[C@@H]3CCNC3)c3nn(CC4CCNCC4)c(=O)n23)cc1. The molecule has 0 spiro atoms. The van der Waals surface area contributed by atoms with Gasteiger partial charge in [-0.25, -0.2) is 13.9 Å². The number of rotatable bonds is 7. The fourth-order valence-electron chi connectivity index (χ4n) is 5.69. The standard InChI is InChI=1S/C31H34N6O2/c1-21-2-6-26(7-3-21)29-27(25-8-4-22(17-32)5-9-25)16-28(39-20-24-12-15-34-18-24)30-35-36(31(38)37(29)30)19-23-10-13-33-14-11-23/h2-9,16,23-24,33-34H,10-15,18-20H2,1H3/t24-/m1/s1. The summed E-state index contributed by atoms with van der Waals surface area (Å²) in [4.78, 5) is 14.1. The number of hydrogen-bond donors (Lipinski definition) is 2. The Labute approximate surface area is 228 Å². The van der Waals surface area contributed by atoms with E-state index >= 15 is 0 Å². The molecule has 6 rings (SSSR count). The van der Waals surface area contributed by atoms with E-state index in [2.05, 4.69) is 47.9 Å². The van der Waals surface area contributed by atoms with Crippen LogP contribution in [0.4, 0.5) is 0 Å². The van der Waals surface area contributed by atoms with Gasteiger partial charge >= 0.3 is 5.69 Å². The van der Waals surface area contributed by atoms with Crippen molar-refractivity contribution in [2.75, 3.05) is 32.8 Å². The zero-order valence-electron chi connectivity index (χ0n) is 22.3. The molecule has 8 nitrogen and oxygen atoms in total. The zero-order chi connectivity index (χ0) is 26.8. The molecule has 0 amide bonds. The van der Waals surface area contributed by atoms with Crippen LogP contribution in [-0.4, -0.2) is 47.0 Å². The summed E-state index contributed by atoms with van der Waals surface area (Å²) in [5, 5.41) is 21.0. The second kappa shape index (κ2) is 11.0. The first kappa shape index (κ1) is 25.4. The predicted octanol–water partition coefficient (Wildman–Crippen LogP) is 4.00. The van der Waals surface area contributed by atoms with Crippen LogP contribution in [0.1, 0.15) is 30.4 Å². The number of hydrogen-bond acceptors (Lipinski definition) is 6. The summed E-state index contributed by atoms with van der Waals surface area (Å²) in [6.07, 6.45) is 3.12. The molecule has 2 aromatic carbocycles. The van der Waals surface area contributed by atoms with Gasteiger partial charge in [0.15, 0.2) is 5.75 Å². The second-order valence-corrected chi connectivity index (χ2v) is 10.8. The van der Waals surface area contributed by atoms with Crippen LogP contribution in [0.15, 0.2) is 59.4 Å². The normalized spacial score (nSPS) is 17.9. The van der Waals surface area contributed by atoms with Crippen molar-refractivity contribution < 1.29 is 4.74 Å². The van der Waals surface area contributed by atoms with Crippen LogP contribution in [0.5, 0.6) is 5.75 Å². The summed E-state index contributed by atoms with van der Waals surface area (Å²) < 4.78 is 9.81. The van der Waals surface area contributed by atoms with Gasteiger partial charge in [-0.15, -0.1) is 5.10 Å². The van der Waals surface area contributed by atoms with E-state index in [0.717, 1.165) is 73.4 Å². The smallest absolute Gasteiger partial charge is 0.350 e. The van der Waals surface area contributed by atoms with Gasteiger partial charge in [0.25, 0.3) is 0 Å². The summed E-state index contributed by atoms with van der Waals surface area (Å²) in [6, 6.07) is 20.0. The second-order valence-electron chi connectivity index (χ2n) is 10.8. The maximum atomic E-state index is 14.1. The molecule has 0 bridgehead atoms. The lowest BCUT2D eigenvalue weighted by molar-refractivity contribution is 0.261. The van der Waals surface area contributed by atoms with Gasteiger partial charge in [0.1, 0.15) is 0 Å². The molecule has 0 aliphatic carbocycles. The van der Waals surface area contributed by atoms with Crippen LogP contribution in [-0.2, 0) is 6.54 Å². The predicted molar refractivity (Wildman–Crippen MR) is 152 cm³/mol. The van der Waals surface area contributed by atoms with Gasteiger partial charge in [0.05, 0.1) is 23.9 Å². The molecule has 2 fully saturated rings. The molecule has 2 N–H and O–H groups in total. The van der Waals surface area contributed by atoms with Crippen LogP contribution in [0.3, 0.4) is 0 Å². The lowest BCUT2D eigenvalue weighted by Gasteiger charge is -2.21. The maximum absolute atomic E-state index is 14.1. The topological polar surface area (TPSA) is 96.4 Å². The Morgan fingerprint density at radius 3 is 2.36 bits per heavy atom. The van der Waals surface area contributed by atoms with Gasteiger partial charge in [0.2, 0.25) is 5.65 Å². The minimum absolute atomic E-state index is 0.151. The number of nitrogens with zero attached hydrogens (tertiary/aromatic N) is 4. The quantitative estimate of drug-likeness (QED) is 0.381. The van der Waals surface area contributed by atoms with Crippen molar-refractivity contribution in [3.63, 3.8) is 0 Å². The number of nitriles is 1.